The molecule has 1 unspecified atom stereocenters. The minimum atomic E-state index is -0.598. The van der Waals surface area contributed by atoms with Gasteiger partial charge in [-0.2, -0.15) is 5.26 Å². The fraction of sp³-hybridized carbons (Fsp3) is 0.192. The average molecular weight is 451 g/mol. The molecule has 2 aromatic heterocycles. The number of nitro benzene ring substituents is 1. The van der Waals surface area contributed by atoms with Gasteiger partial charge in [0.2, 0.25) is 0 Å². The standard InChI is InChI=1S/C26H21N5O3/c1-17-9-10-20(22(14-17)31(33)34)30-21-7-4-8-23(32)25(21)24(18-6-5-11-28-16-18)19(15-27)26(30)29-12-2-3-13-29/h2-3,5-6,9-14,16,24H,4,7-8H2,1H3. The number of benzene rings is 1. The van der Waals surface area contributed by atoms with Crippen LogP contribution in [0.25, 0.3) is 5.82 Å². The van der Waals surface area contributed by atoms with Gasteiger partial charge in [0.05, 0.1) is 22.5 Å². The molecule has 0 spiro atoms. The number of aromatic nitrogens is 2. The Kier molecular flexibility index (Phi) is 5.30. The number of hydrogen-bond donors (Lipinski definition) is 0. The molecule has 0 bridgehead atoms. The third kappa shape index (κ3) is 3.39. The van der Waals surface area contributed by atoms with Gasteiger partial charge in [-0.15, -0.1) is 0 Å². The molecule has 3 aromatic rings. The molecule has 0 radical (unpaired) electrons. The van der Waals surface area contributed by atoms with E-state index in [9.17, 15) is 20.2 Å². The number of hydrogen-bond acceptors (Lipinski definition) is 6. The summed E-state index contributed by atoms with van der Waals surface area (Å²) < 4.78 is 1.79. The Balaban J connectivity index is 1.88. The lowest BCUT2D eigenvalue weighted by Crippen LogP contribution is -2.37. The van der Waals surface area contributed by atoms with Crippen molar-refractivity contribution in [3.05, 3.63) is 105 Å². The van der Waals surface area contributed by atoms with Crippen molar-refractivity contribution in [1.29, 1.82) is 5.26 Å². The summed E-state index contributed by atoms with van der Waals surface area (Å²) in [6, 6.07) is 14.7. The number of allylic oxidation sites excluding steroid dienone is 3. The van der Waals surface area contributed by atoms with Crippen LogP contribution in [0.1, 0.15) is 36.3 Å². The predicted molar refractivity (Wildman–Crippen MR) is 126 cm³/mol. The van der Waals surface area contributed by atoms with Gasteiger partial charge in [-0.3, -0.25) is 24.8 Å². The third-order valence-electron chi connectivity index (χ3n) is 6.28. The highest BCUT2D eigenvalue weighted by atomic mass is 16.6. The molecule has 0 saturated carbocycles. The van der Waals surface area contributed by atoms with Crippen molar-refractivity contribution >= 4 is 23.0 Å². The summed E-state index contributed by atoms with van der Waals surface area (Å²) in [6.07, 6.45) is 8.49. The fourth-order valence-electron chi connectivity index (χ4n) is 4.88. The van der Waals surface area contributed by atoms with E-state index in [4.69, 9.17) is 0 Å². The van der Waals surface area contributed by atoms with Gasteiger partial charge in [0.25, 0.3) is 5.69 Å². The summed E-state index contributed by atoms with van der Waals surface area (Å²) in [6.45, 7) is 1.80. The van der Waals surface area contributed by atoms with Crippen LogP contribution in [0, 0.1) is 28.4 Å². The SMILES string of the molecule is Cc1ccc(N2C3=C(C(=O)CCC3)C(c3cccnc3)C(C#N)=C2n2cccc2)c([N+](=O)[O-])c1. The highest BCUT2D eigenvalue weighted by Crippen LogP contribution is 2.50. The lowest BCUT2D eigenvalue weighted by Gasteiger charge is -2.40. The number of carbonyl (C=O) groups is 1. The van der Waals surface area contributed by atoms with Crippen LogP contribution in [0.15, 0.2) is 84.1 Å². The highest BCUT2D eigenvalue weighted by molar-refractivity contribution is 6.03. The molecule has 0 fully saturated rings. The Morgan fingerprint density at radius 1 is 1.18 bits per heavy atom. The Morgan fingerprint density at radius 2 is 1.97 bits per heavy atom. The van der Waals surface area contributed by atoms with Crippen molar-refractivity contribution in [3.63, 3.8) is 0 Å². The monoisotopic (exact) mass is 451 g/mol. The minimum Gasteiger partial charge on any atom is -0.309 e. The molecule has 1 aromatic carbocycles. The zero-order valence-corrected chi connectivity index (χ0v) is 18.5. The van der Waals surface area contributed by atoms with Crippen LogP contribution in [0.3, 0.4) is 0 Å². The van der Waals surface area contributed by atoms with Gasteiger partial charge in [0, 0.05) is 48.5 Å². The van der Waals surface area contributed by atoms with Crippen LogP contribution in [0.4, 0.5) is 11.4 Å². The van der Waals surface area contributed by atoms with E-state index < -0.39 is 10.8 Å². The van der Waals surface area contributed by atoms with Crippen molar-refractivity contribution in [2.75, 3.05) is 4.90 Å². The van der Waals surface area contributed by atoms with Crippen LogP contribution in [-0.2, 0) is 4.79 Å². The van der Waals surface area contributed by atoms with E-state index in [0.29, 0.717) is 47.6 Å². The summed E-state index contributed by atoms with van der Waals surface area (Å²) in [5.41, 5.74) is 3.30. The molecule has 3 heterocycles. The van der Waals surface area contributed by atoms with E-state index in [2.05, 4.69) is 11.1 Å². The largest absolute Gasteiger partial charge is 0.309 e. The number of nitro groups is 1. The third-order valence-corrected chi connectivity index (χ3v) is 6.28. The van der Waals surface area contributed by atoms with Crippen molar-refractivity contribution in [3.8, 4) is 6.07 Å². The van der Waals surface area contributed by atoms with Crippen LogP contribution in [-0.4, -0.2) is 20.3 Å². The number of anilines is 1. The van der Waals surface area contributed by atoms with E-state index in [1.807, 2.05) is 18.2 Å². The summed E-state index contributed by atoms with van der Waals surface area (Å²) >= 11 is 0. The molecule has 1 atom stereocenters. The second-order valence-electron chi connectivity index (χ2n) is 8.38. The van der Waals surface area contributed by atoms with Gasteiger partial charge in [-0.1, -0.05) is 12.1 Å². The summed E-state index contributed by atoms with van der Waals surface area (Å²) in [7, 11) is 0. The maximum Gasteiger partial charge on any atom is 0.293 e. The zero-order chi connectivity index (χ0) is 23.8. The first-order chi connectivity index (χ1) is 16.5. The molecule has 168 valence electrons. The van der Waals surface area contributed by atoms with Crippen LogP contribution < -0.4 is 4.90 Å². The van der Waals surface area contributed by atoms with Crippen LogP contribution >= 0.6 is 0 Å². The molecular formula is C26H21N5O3. The second-order valence-corrected chi connectivity index (χ2v) is 8.38. The maximum absolute atomic E-state index is 13.3. The number of aryl methyl sites for hydroxylation is 1. The summed E-state index contributed by atoms with van der Waals surface area (Å²) in [5, 5.41) is 22.5. The predicted octanol–water partition coefficient (Wildman–Crippen LogP) is 5.10. The molecule has 1 aliphatic heterocycles. The Labute approximate surface area is 196 Å². The number of Topliss-reactive ketones (excluding diaryl/α,β-unsaturated/α-hetero) is 1. The van der Waals surface area contributed by atoms with Crippen LogP contribution in [0.5, 0.6) is 0 Å². The number of nitriles is 1. The second kappa shape index (κ2) is 8.45. The first kappa shape index (κ1) is 21.3. The zero-order valence-electron chi connectivity index (χ0n) is 18.5. The van der Waals surface area contributed by atoms with E-state index in [1.165, 1.54) is 6.07 Å². The molecule has 0 saturated heterocycles. The smallest absolute Gasteiger partial charge is 0.293 e. The maximum atomic E-state index is 13.3. The Bertz CT molecular complexity index is 1400. The van der Waals surface area contributed by atoms with Gasteiger partial charge < -0.3 is 4.57 Å². The number of nitrogens with zero attached hydrogens (tertiary/aromatic N) is 5. The van der Waals surface area contributed by atoms with Gasteiger partial charge in [-0.25, -0.2) is 0 Å². The molecule has 1 aliphatic carbocycles. The number of pyridine rings is 1. The van der Waals surface area contributed by atoms with Crippen LogP contribution in [0.2, 0.25) is 0 Å². The molecule has 34 heavy (non-hydrogen) atoms. The normalized spacial score (nSPS) is 18.1. The summed E-state index contributed by atoms with van der Waals surface area (Å²) in [5.74, 6) is -0.157. The van der Waals surface area contributed by atoms with Gasteiger partial charge in [0.1, 0.15) is 11.5 Å². The van der Waals surface area contributed by atoms with E-state index in [-0.39, 0.29) is 11.5 Å². The Hall–Kier alpha value is -4.51. The van der Waals surface area contributed by atoms with Crippen molar-refractivity contribution in [2.45, 2.75) is 32.1 Å². The molecule has 5 rings (SSSR count). The number of ketones is 1. The molecule has 8 nitrogen and oxygen atoms in total. The quantitative estimate of drug-likeness (QED) is 0.403. The topological polar surface area (TPSA) is 105 Å². The molecule has 2 aliphatic rings. The van der Waals surface area contributed by atoms with Crippen molar-refractivity contribution in [1.82, 2.24) is 9.55 Å². The molecule has 0 N–H and O–H groups in total. The number of carbonyl (C=O) groups excluding carboxylic acids is 1. The van der Waals surface area contributed by atoms with E-state index in [1.54, 1.807) is 59.4 Å². The molecular weight excluding hydrogens is 430 g/mol. The Morgan fingerprint density at radius 3 is 2.65 bits per heavy atom. The fourth-order valence-corrected chi connectivity index (χ4v) is 4.88. The number of rotatable bonds is 4. The highest BCUT2D eigenvalue weighted by Gasteiger charge is 2.43. The minimum absolute atomic E-state index is 0.0471. The molecule has 8 heteroatoms. The lowest BCUT2D eigenvalue weighted by atomic mass is 9.76. The van der Waals surface area contributed by atoms with Gasteiger partial charge >= 0.3 is 0 Å². The van der Waals surface area contributed by atoms with Crippen molar-refractivity contribution in [2.24, 2.45) is 0 Å². The first-order valence-electron chi connectivity index (χ1n) is 11.0. The molecule has 0 amide bonds. The van der Waals surface area contributed by atoms with Crippen molar-refractivity contribution < 1.29 is 9.72 Å². The van der Waals surface area contributed by atoms with E-state index in [0.717, 1.165) is 11.1 Å². The van der Waals surface area contributed by atoms with E-state index >= 15 is 0 Å². The summed E-state index contributed by atoms with van der Waals surface area (Å²) in [4.78, 5) is 31.0. The average Bonchev–Trinajstić information content (AvgIpc) is 3.38. The van der Waals surface area contributed by atoms with Gasteiger partial charge in [-0.05, 0) is 55.2 Å². The van der Waals surface area contributed by atoms with Gasteiger partial charge in [0.15, 0.2) is 5.78 Å². The first-order valence-corrected chi connectivity index (χ1v) is 11.0. The lowest BCUT2D eigenvalue weighted by molar-refractivity contribution is -0.384.